The molecule has 4 nitrogen and oxygen atoms in total. The van der Waals surface area contributed by atoms with E-state index in [2.05, 4.69) is 55.3 Å². The molecule has 3 N–H and O–H groups in total. The van der Waals surface area contributed by atoms with Gasteiger partial charge < -0.3 is 15.1 Å². The maximum Gasteiger partial charge on any atom is 0.325 e. The van der Waals surface area contributed by atoms with Gasteiger partial charge in [0.1, 0.15) is 0 Å². The van der Waals surface area contributed by atoms with E-state index >= 15 is 0 Å². The Morgan fingerprint density at radius 1 is 0.971 bits per heavy atom. The average Bonchev–Trinajstić information content (AvgIpc) is 2.79. The molecule has 0 radical (unpaired) electrons. The first-order valence-corrected chi connectivity index (χ1v) is 13.5. The van der Waals surface area contributed by atoms with Crippen LogP contribution in [0, 0.1) is 25.7 Å². The fourth-order valence-electron chi connectivity index (χ4n) is 3.66. The molecule has 3 aromatic carbocycles. The van der Waals surface area contributed by atoms with Gasteiger partial charge in [0, 0.05) is 23.0 Å². The van der Waals surface area contributed by atoms with Gasteiger partial charge in [0.25, 0.3) is 0 Å². The standard InChI is InChI=1S/C28H31ClNO3P/c1-21-7-8-25(17-22(21)2)18-27(26-5-3-6-28(29)19-26)14-13-23-9-11-24(12-10-23)20-30-15-4-16-34(31,32)33/h3,5-12,17,19,27,30H,4,15-16,18,20H2,1-2H3,(H2,31,32,33). The molecule has 0 spiro atoms. The molecule has 0 saturated carbocycles. The molecule has 0 amide bonds. The summed E-state index contributed by atoms with van der Waals surface area (Å²) in [5.74, 6) is 6.81. The minimum absolute atomic E-state index is 0.0242. The van der Waals surface area contributed by atoms with Crippen molar-refractivity contribution in [1.82, 2.24) is 5.32 Å². The largest absolute Gasteiger partial charge is 0.325 e. The summed E-state index contributed by atoms with van der Waals surface area (Å²) in [7, 11) is -3.92. The van der Waals surface area contributed by atoms with Gasteiger partial charge in [-0.25, -0.2) is 0 Å². The molecule has 178 valence electrons. The van der Waals surface area contributed by atoms with Crippen molar-refractivity contribution in [3.63, 3.8) is 0 Å². The molecule has 3 aromatic rings. The van der Waals surface area contributed by atoms with Gasteiger partial charge in [-0.3, -0.25) is 4.57 Å². The van der Waals surface area contributed by atoms with Crippen molar-refractivity contribution in [2.75, 3.05) is 12.7 Å². The van der Waals surface area contributed by atoms with E-state index in [1.807, 2.05) is 42.5 Å². The Morgan fingerprint density at radius 3 is 2.38 bits per heavy atom. The maximum absolute atomic E-state index is 10.9. The van der Waals surface area contributed by atoms with Crippen LogP contribution in [0.1, 0.15) is 45.7 Å². The van der Waals surface area contributed by atoms with Crippen molar-refractivity contribution in [3.8, 4) is 11.8 Å². The second-order valence-corrected chi connectivity index (χ2v) is 10.8. The zero-order chi connectivity index (χ0) is 24.6. The Bertz CT molecular complexity index is 1210. The zero-order valence-corrected chi connectivity index (χ0v) is 21.2. The van der Waals surface area contributed by atoms with E-state index in [4.69, 9.17) is 21.4 Å². The summed E-state index contributed by atoms with van der Waals surface area (Å²) in [6.07, 6.45) is 1.16. The quantitative estimate of drug-likeness (QED) is 0.194. The highest BCUT2D eigenvalue weighted by atomic mass is 35.5. The monoisotopic (exact) mass is 495 g/mol. The van der Waals surface area contributed by atoms with Gasteiger partial charge in [0.05, 0.1) is 6.16 Å². The van der Waals surface area contributed by atoms with Crippen LogP contribution in [0.4, 0.5) is 0 Å². The predicted octanol–water partition coefficient (Wildman–Crippen LogP) is 5.99. The Labute approximate surface area is 207 Å². The molecule has 0 bridgehead atoms. The number of hydrogen-bond acceptors (Lipinski definition) is 2. The summed E-state index contributed by atoms with van der Waals surface area (Å²) in [6, 6.07) is 22.5. The lowest BCUT2D eigenvalue weighted by Crippen LogP contribution is -2.15. The van der Waals surface area contributed by atoms with Crippen LogP contribution in [0.5, 0.6) is 0 Å². The Morgan fingerprint density at radius 2 is 1.71 bits per heavy atom. The molecule has 34 heavy (non-hydrogen) atoms. The van der Waals surface area contributed by atoms with Crippen LogP contribution in [-0.2, 0) is 17.5 Å². The fraction of sp³-hybridized carbons (Fsp3) is 0.286. The zero-order valence-electron chi connectivity index (χ0n) is 19.6. The van der Waals surface area contributed by atoms with Gasteiger partial charge in [-0.1, -0.05) is 65.9 Å². The summed E-state index contributed by atoms with van der Waals surface area (Å²) >= 11 is 6.26. The highest BCUT2D eigenvalue weighted by molar-refractivity contribution is 7.51. The Balaban J connectivity index is 1.68. The first-order chi connectivity index (χ1) is 16.2. The van der Waals surface area contributed by atoms with Gasteiger partial charge in [0.2, 0.25) is 0 Å². The van der Waals surface area contributed by atoms with E-state index in [-0.39, 0.29) is 12.1 Å². The summed E-state index contributed by atoms with van der Waals surface area (Å²) in [5, 5.41) is 3.92. The van der Waals surface area contributed by atoms with Gasteiger partial charge >= 0.3 is 7.60 Å². The average molecular weight is 496 g/mol. The summed E-state index contributed by atoms with van der Waals surface area (Å²) in [4.78, 5) is 17.8. The number of rotatable bonds is 9. The van der Waals surface area contributed by atoms with Gasteiger partial charge in [-0.2, -0.15) is 0 Å². The van der Waals surface area contributed by atoms with Crippen LogP contribution in [0.15, 0.2) is 66.7 Å². The molecule has 0 heterocycles. The first-order valence-electron chi connectivity index (χ1n) is 11.4. The molecule has 0 aliphatic rings. The molecule has 1 unspecified atom stereocenters. The van der Waals surface area contributed by atoms with Crippen LogP contribution < -0.4 is 5.32 Å². The summed E-state index contributed by atoms with van der Waals surface area (Å²) in [5.41, 5.74) is 6.96. The van der Waals surface area contributed by atoms with Crippen molar-refractivity contribution in [2.24, 2.45) is 0 Å². The Hall–Kier alpha value is -2.38. The fourth-order valence-corrected chi connectivity index (χ4v) is 4.43. The van der Waals surface area contributed by atoms with E-state index in [1.54, 1.807) is 0 Å². The highest BCUT2D eigenvalue weighted by Crippen LogP contribution is 2.34. The van der Waals surface area contributed by atoms with Crippen molar-refractivity contribution in [2.45, 2.75) is 39.2 Å². The normalized spacial score (nSPS) is 12.1. The van der Waals surface area contributed by atoms with Gasteiger partial charge in [-0.05, 0) is 85.3 Å². The number of nitrogens with one attached hydrogen (secondary N) is 1. The van der Waals surface area contributed by atoms with E-state index in [1.165, 1.54) is 16.7 Å². The van der Waals surface area contributed by atoms with Crippen LogP contribution in [0.25, 0.3) is 0 Å². The molecule has 0 aliphatic heterocycles. The minimum atomic E-state index is -3.92. The molecule has 0 aliphatic carbocycles. The molecular weight excluding hydrogens is 465 g/mol. The predicted molar refractivity (Wildman–Crippen MR) is 140 cm³/mol. The van der Waals surface area contributed by atoms with Gasteiger partial charge in [-0.15, -0.1) is 0 Å². The lowest BCUT2D eigenvalue weighted by atomic mass is 9.91. The minimum Gasteiger partial charge on any atom is -0.324 e. The van der Waals surface area contributed by atoms with E-state index in [0.717, 1.165) is 23.1 Å². The van der Waals surface area contributed by atoms with Crippen LogP contribution in [0.3, 0.4) is 0 Å². The van der Waals surface area contributed by atoms with Crippen LogP contribution in [-0.4, -0.2) is 22.5 Å². The summed E-state index contributed by atoms with van der Waals surface area (Å²) < 4.78 is 10.9. The van der Waals surface area contributed by atoms with E-state index in [9.17, 15) is 4.57 Å². The third kappa shape index (κ3) is 8.76. The first kappa shape index (κ1) is 26.2. The second-order valence-electron chi connectivity index (χ2n) is 8.62. The maximum atomic E-state index is 10.9. The third-order valence-corrected chi connectivity index (χ3v) is 6.87. The van der Waals surface area contributed by atoms with Crippen molar-refractivity contribution in [1.29, 1.82) is 0 Å². The molecule has 6 heteroatoms. The third-order valence-electron chi connectivity index (χ3n) is 5.74. The molecule has 1 atom stereocenters. The smallest absolute Gasteiger partial charge is 0.324 e. The summed E-state index contributed by atoms with van der Waals surface area (Å²) in [6.45, 7) is 5.46. The van der Waals surface area contributed by atoms with Crippen molar-refractivity contribution in [3.05, 3.63) is 105 Å². The molecule has 0 aromatic heterocycles. The van der Waals surface area contributed by atoms with Crippen molar-refractivity contribution >= 4 is 19.2 Å². The highest BCUT2D eigenvalue weighted by Gasteiger charge is 2.12. The van der Waals surface area contributed by atoms with E-state index < -0.39 is 7.60 Å². The number of benzene rings is 3. The molecule has 0 saturated heterocycles. The van der Waals surface area contributed by atoms with Crippen LogP contribution in [0.2, 0.25) is 5.02 Å². The number of halogens is 1. The topological polar surface area (TPSA) is 69.6 Å². The van der Waals surface area contributed by atoms with Gasteiger partial charge in [0.15, 0.2) is 0 Å². The molecule has 0 fully saturated rings. The second kappa shape index (κ2) is 12.4. The number of aryl methyl sites for hydroxylation is 2. The van der Waals surface area contributed by atoms with E-state index in [0.29, 0.717) is 24.5 Å². The molecule has 3 rings (SSSR count). The molecular formula is C28H31ClNO3P. The number of hydrogen-bond donors (Lipinski definition) is 3. The SMILES string of the molecule is Cc1ccc(CC(C#Cc2ccc(CNCCCP(=O)(O)O)cc2)c2cccc(Cl)c2)cc1C. The lowest BCUT2D eigenvalue weighted by molar-refractivity contribution is 0.371. The van der Waals surface area contributed by atoms with Crippen LogP contribution >= 0.6 is 19.2 Å². The Kier molecular flexibility index (Phi) is 9.54. The van der Waals surface area contributed by atoms with Crippen molar-refractivity contribution < 1.29 is 14.4 Å². The lowest BCUT2D eigenvalue weighted by Gasteiger charge is -2.13.